The van der Waals surface area contributed by atoms with E-state index in [0.717, 1.165) is 96.3 Å². The van der Waals surface area contributed by atoms with Crippen molar-refractivity contribution in [2.75, 3.05) is 13.2 Å². The molecule has 0 saturated carbocycles. The molecule has 1 amide bonds. The van der Waals surface area contributed by atoms with Crippen LogP contribution < -0.4 is 5.32 Å². The summed E-state index contributed by atoms with van der Waals surface area (Å²) in [5.41, 5.74) is 0. The van der Waals surface area contributed by atoms with Crippen LogP contribution in [0.4, 0.5) is 0 Å². The third-order valence-electron chi connectivity index (χ3n) is 12.6. The summed E-state index contributed by atoms with van der Waals surface area (Å²) in [6.45, 7) is 4.81. The van der Waals surface area contributed by atoms with Gasteiger partial charge in [-0.1, -0.05) is 237 Å². The van der Waals surface area contributed by atoms with E-state index in [1.54, 1.807) is 0 Å². The molecule has 0 aromatic rings. The predicted molar refractivity (Wildman–Crippen MR) is 273 cm³/mol. The molecule has 0 aliphatic heterocycles. The minimum absolute atomic E-state index is 0.0463. The van der Waals surface area contributed by atoms with Gasteiger partial charge in [-0.3, -0.25) is 9.59 Å². The number of carbonyl (C=O) groups is 2. The lowest BCUT2D eigenvalue weighted by molar-refractivity contribution is -0.143. The molecule has 0 radical (unpaired) electrons. The highest BCUT2D eigenvalue weighted by Crippen LogP contribution is 2.17. The van der Waals surface area contributed by atoms with Gasteiger partial charge in [-0.15, -0.1) is 0 Å². The number of unbranched alkanes of at least 4 members (excludes halogenated alkanes) is 34. The van der Waals surface area contributed by atoms with Gasteiger partial charge in [-0.05, 0) is 77.0 Å². The van der Waals surface area contributed by atoms with Crippen LogP contribution in [0.5, 0.6) is 0 Å². The van der Waals surface area contributed by atoms with Gasteiger partial charge >= 0.3 is 5.97 Å². The Morgan fingerprint density at radius 3 is 1.29 bits per heavy atom. The van der Waals surface area contributed by atoms with E-state index in [1.165, 1.54) is 161 Å². The highest BCUT2D eigenvalue weighted by molar-refractivity contribution is 5.76. The lowest BCUT2D eigenvalue weighted by Crippen LogP contribution is -2.45. The minimum atomic E-state index is -0.685. The molecule has 2 unspecified atom stereocenters. The van der Waals surface area contributed by atoms with Crippen molar-refractivity contribution < 1.29 is 24.5 Å². The standard InChI is InChI=1S/C57H107NO5/c1-3-5-7-9-11-13-15-17-18-19-20-21-22-23-24-25-27-29-33-37-41-45-49-55(60)54(53-59)58-56(61)50-46-42-38-34-30-28-32-36-40-44-48-52-63-57(62)51-47-43-39-35-31-26-16-14-12-10-8-6-4-2/h8,10,14,16,32,36,54-55,59-60H,3-7,9,11-13,15,17-31,33-35,37-53H2,1-2H3,(H,58,61)/b10-8-,16-14-,36-32-. The number of allylic oxidation sites excluding steroid dienone is 6. The first-order valence-corrected chi connectivity index (χ1v) is 27.7. The van der Waals surface area contributed by atoms with Gasteiger partial charge in [-0.25, -0.2) is 0 Å². The molecule has 0 aromatic carbocycles. The Morgan fingerprint density at radius 2 is 0.825 bits per heavy atom. The summed E-state index contributed by atoms with van der Waals surface area (Å²) < 4.78 is 5.42. The Morgan fingerprint density at radius 1 is 0.444 bits per heavy atom. The lowest BCUT2D eigenvalue weighted by atomic mass is 10.0. The highest BCUT2D eigenvalue weighted by Gasteiger charge is 2.20. The molecule has 0 saturated heterocycles. The number of rotatable bonds is 51. The van der Waals surface area contributed by atoms with E-state index >= 15 is 0 Å². The normalized spacial score (nSPS) is 12.9. The number of hydrogen-bond acceptors (Lipinski definition) is 5. The van der Waals surface area contributed by atoms with E-state index in [-0.39, 0.29) is 18.5 Å². The molecule has 0 bridgehead atoms. The zero-order valence-corrected chi connectivity index (χ0v) is 42.1. The summed E-state index contributed by atoms with van der Waals surface area (Å²) in [5.74, 6) is -0.110. The molecular weight excluding hydrogens is 779 g/mol. The van der Waals surface area contributed by atoms with E-state index in [1.807, 2.05) is 0 Å². The number of carbonyl (C=O) groups excluding carboxylic acids is 2. The Labute approximate surface area is 392 Å². The van der Waals surface area contributed by atoms with Crippen molar-refractivity contribution in [3.8, 4) is 0 Å². The van der Waals surface area contributed by atoms with Gasteiger partial charge in [0.05, 0.1) is 25.4 Å². The maximum Gasteiger partial charge on any atom is 0.305 e. The number of esters is 1. The predicted octanol–water partition coefficient (Wildman–Crippen LogP) is 16.9. The van der Waals surface area contributed by atoms with E-state index in [9.17, 15) is 19.8 Å². The fourth-order valence-corrected chi connectivity index (χ4v) is 8.38. The molecule has 2 atom stereocenters. The van der Waals surface area contributed by atoms with Crippen LogP contribution in [-0.2, 0) is 14.3 Å². The quantitative estimate of drug-likeness (QED) is 0.0321. The van der Waals surface area contributed by atoms with Crippen LogP contribution in [-0.4, -0.2) is 47.4 Å². The molecule has 0 rings (SSSR count). The second kappa shape index (κ2) is 52.7. The second-order valence-corrected chi connectivity index (χ2v) is 18.9. The van der Waals surface area contributed by atoms with Crippen LogP contribution >= 0.6 is 0 Å². The largest absolute Gasteiger partial charge is 0.466 e. The first kappa shape index (κ1) is 61.1. The molecule has 6 heteroatoms. The Kier molecular flexibility index (Phi) is 51.1. The summed E-state index contributed by atoms with van der Waals surface area (Å²) in [5, 5.41) is 23.3. The van der Waals surface area contributed by atoms with Crippen LogP contribution in [0.2, 0.25) is 0 Å². The van der Waals surface area contributed by atoms with Gasteiger partial charge in [0.1, 0.15) is 0 Å². The van der Waals surface area contributed by atoms with Gasteiger partial charge in [0.25, 0.3) is 0 Å². The van der Waals surface area contributed by atoms with Gasteiger partial charge < -0.3 is 20.3 Å². The highest BCUT2D eigenvalue weighted by atomic mass is 16.5. The molecule has 0 spiro atoms. The molecular formula is C57H107NO5. The van der Waals surface area contributed by atoms with Crippen molar-refractivity contribution in [1.29, 1.82) is 0 Å². The number of hydrogen-bond donors (Lipinski definition) is 3. The molecule has 0 fully saturated rings. The van der Waals surface area contributed by atoms with Crippen molar-refractivity contribution >= 4 is 11.9 Å². The summed E-state index contributed by atoms with van der Waals surface area (Å²) in [6.07, 6.45) is 64.2. The smallest absolute Gasteiger partial charge is 0.305 e. The molecule has 370 valence electrons. The molecule has 63 heavy (non-hydrogen) atoms. The summed E-state index contributed by atoms with van der Waals surface area (Å²) in [6, 6.07) is -0.565. The van der Waals surface area contributed by atoms with Crippen molar-refractivity contribution in [1.82, 2.24) is 5.32 Å². The molecule has 0 aliphatic rings. The van der Waals surface area contributed by atoms with Crippen molar-refractivity contribution in [3.63, 3.8) is 0 Å². The first-order valence-electron chi connectivity index (χ1n) is 27.7. The van der Waals surface area contributed by atoms with Crippen LogP contribution in [0.15, 0.2) is 36.5 Å². The van der Waals surface area contributed by atoms with Crippen LogP contribution in [0.3, 0.4) is 0 Å². The van der Waals surface area contributed by atoms with E-state index in [0.29, 0.717) is 25.9 Å². The van der Waals surface area contributed by atoms with Gasteiger partial charge in [-0.2, -0.15) is 0 Å². The Bertz CT molecular complexity index is 1020. The number of aliphatic hydroxyl groups is 2. The van der Waals surface area contributed by atoms with Crippen LogP contribution in [0, 0.1) is 0 Å². The third kappa shape index (κ3) is 49.4. The van der Waals surface area contributed by atoms with Crippen molar-refractivity contribution in [2.45, 2.75) is 302 Å². The fourth-order valence-electron chi connectivity index (χ4n) is 8.38. The van der Waals surface area contributed by atoms with Crippen molar-refractivity contribution in [2.24, 2.45) is 0 Å². The van der Waals surface area contributed by atoms with Gasteiger partial charge in [0.15, 0.2) is 0 Å². The van der Waals surface area contributed by atoms with Gasteiger partial charge in [0, 0.05) is 12.8 Å². The Hall–Kier alpha value is -1.92. The number of nitrogens with one attached hydrogen (secondary N) is 1. The Balaban J connectivity index is 3.52. The van der Waals surface area contributed by atoms with Gasteiger partial charge in [0.2, 0.25) is 5.91 Å². The number of amides is 1. The molecule has 3 N–H and O–H groups in total. The molecule has 6 nitrogen and oxygen atoms in total. The summed E-state index contributed by atoms with van der Waals surface area (Å²) in [4.78, 5) is 24.5. The lowest BCUT2D eigenvalue weighted by Gasteiger charge is -2.22. The third-order valence-corrected chi connectivity index (χ3v) is 12.6. The van der Waals surface area contributed by atoms with E-state index in [4.69, 9.17) is 4.74 Å². The number of ether oxygens (including phenoxy) is 1. The summed E-state index contributed by atoms with van der Waals surface area (Å²) in [7, 11) is 0. The van der Waals surface area contributed by atoms with Crippen LogP contribution in [0.25, 0.3) is 0 Å². The minimum Gasteiger partial charge on any atom is -0.466 e. The maximum absolute atomic E-state index is 12.5. The maximum atomic E-state index is 12.5. The molecule has 0 heterocycles. The fraction of sp³-hybridized carbons (Fsp3) is 0.860. The van der Waals surface area contributed by atoms with Crippen molar-refractivity contribution in [3.05, 3.63) is 36.5 Å². The monoisotopic (exact) mass is 886 g/mol. The average Bonchev–Trinajstić information content (AvgIpc) is 3.28. The summed E-state index contributed by atoms with van der Waals surface area (Å²) >= 11 is 0. The zero-order chi connectivity index (χ0) is 45.8. The second-order valence-electron chi connectivity index (χ2n) is 18.9. The first-order chi connectivity index (χ1) is 31.0. The van der Waals surface area contributed by atoms with E-state index < -0.39 is 12.1 Å². The molecule has 0 aliphatic carbocycles. The number of aliphatic hydroxyl groups excluding tert-OH is 2. The van der Waals surface area contributed by atoms with E-state index in [2.05, 4.69) is 55.6 Å². The topological polar surface area (TPSA) is 95.9 Å². The average molecular weight is 886 g/mol. The molecule has 0 aromatic heterocycles. The zero-order valence-electron chi connectivity index (χ0n) is 42.1. The van der Waals surface area contributed by atoms with Crippen LogP contribution in [0.1, 0.15) is 290 Å². The SMILES string of the molecule is CCC/C=C\C/C=C\CCCCCCCC(=O)OCCCC/C=C\CCCCCCCC(=O)NC(CO)C(O)CCCCCCCCCCCCCCCCCCCCCCCC.